The van der Waals surface area contributed by atoms with Gasteiger partial charge in [0, 0.05) is 29.7 Å². The van der Waals surface area contributed by atoms with E-state index >= 15 is 0 Å². The van der Waals surface area contributed by atoms with Crippen LogP contribution in [0, 0.1) is 0 Å². The minimum atomic E-state index is -0.594. The topological polar surface area (TPSA) is 106 Å². The summed E-state index contributed by atoms with van der Waals surface area (Å²) in [6.07, 6.45) is 1.81. The zero-order valence-corrected chi connectivity index (χ0v) is 15.9. The number of nitrogen functional groups attached to an aromatic ring is 1. The molecule has 148 valence electrons. The molecule has 4 N–H and O–H groups in total. The van der Waals surface area contributed by atoms with Gasteiger partial charge in [0.25, 0.3) is 0 Å². The van der Waals surface area contributed by atoms with Crippen molar-refractivity contribution in [2.75, 3.05) is 35.8 Å². The van der Waals surface area contributed by atoms with Gasteiger partial charge in [0.15, 0.2) is 11.5 Å². The number of nitrogens with zero attached hydrogens (tertiary/aromatic N) is 1. The molecule has 2 aromatic carbocycles. The molecule has 9 heteroatoms. The highest BCUT2D eigenvalue weighted by Crippen LogP contribution is 2.34. The highest BCUT2D eigenvalue weighted by Gasteiger charge is 2.21. The van der Waals surface area contributed by atoms with Gasteiger partial charge in [-0.2, -0.15) is 0 Å². The first-order chi connectivity index (χ1) is 13.1. The number of ether oxygens (including phenoxy) is 2. The van der Waals surface area contributed by atoms with E-state index in [1.54, 1.807) is 18.2 Å². The van der Waals surface area contributed by atoms with E-state index in [1.807, 2.05) is 23.1 Å². The van der Waals surface area contributed by atoms with Gasteiger partial charge in [0.05, 0.1) is 6.54 Å². The van der Waals surface area contributed by atoms with E-state index in [0.29, 0.717) is 17.2 Å². The second-order valence-electron chi connectivity index (χ2n) is 6.44. The van der Waals surface area contributed by atoms with E-state index in [0.717, 1.165) is 36.3 Å². The standard InChI is InChI=1S/C19H20N4O4.ClH/c20-14-4-1-5-15-13(14)3-2-8-23(15)10-18(24)22-19(25)21-12-6-7-16-17(9-12)27-11-26-16;/h1,4-7,9H,2-3,8,10-11,20H2,(H2,21,22,24,25);1H. The summed E-state index contributed by atoms with van der Waals surface area (Å²) in [7, 11) is 0. The summed E-state index contributed by atoms with van der Waals surface area (Å²) in [5.74, 6) is 0.797. The van der Waals surface area contributed by atoms with Gasteiger partial charge in [-0.3, -0.25) is 10.1 Å². The van der Waals surface area contributed by atoms with Crippen molar-refractivity contribution in [3.8, 4) is 11.5 Å². The lowest BCUT2D eigenvalue weighted by atomic mass is 10.00. The Morgan fingerprint density at radius 2 is 1.96 bits per heavy atom. The number of fused-ring (bicyclic) bond motifs is 2. The van der Waals surface area contributed by atoms with Crippen molar-refractivity contribution in [2.45, 2.75) is 12.8 Å². The van der Waals surface area contributed by atoms with Crippen LogP contribution in [0.4, 0.5) is 21.9 Å². The van der Waals surface area contributed by atoms with Gasteiger partial charge >= 0.3 is 6.03 Å². The number of anilines is 3. The Hall–Kier alpha value is -3.13. The molecule has 0 aromatic heterocycles. The number of urea groups is 1. The fourth-order valence-electron chi connectivity index (χ4n) is 3.37. The quantitative estimate of drug-likeness (QED) is 0.679. The number of hydrogen-bond donors (Lipinski definition) is 3. The molecule has 2 heterocycles. The molecule has 2 aliphatic rings. The van der Waals surface area contributed by atoms with E-state index in [2.05, 4.69) is 10.6 Å². The van der Waals surface area contributed by atoms with Gasteiger partial charge in [0.1, 0.15) is 0 Å². The minimum absolute atomic E-state index is 0. The number of imide groups is 1. The van der Waals surface area contributed by atoms with Gasteiger partial charge in [-0.05, 0) is 42.7 Å². The van der Waals surface area contributed by atoms with Crippen LogP contribution >= 0.6 is 12.4 Å². The fourth-order valence-corrected chi connectivity index (χ4v) is 3.37. The van der Waals surface area contributed by atoms with Crippen molar-refractivity contribution in [1.29, 1.82) is 0 Å². The molecule has 0 saturated carbocycles. The maximum atomic E-state index is 12.3. The molecule has 28 heavy (non-hydrogen) atoms. The van der Waals surface area contributed by atoms with Gasteiger partial charge in [0.2, 0.25) is 12.7 Å². The number of nitrogens with one attached hydrogen (secondary N) is 2. The number of nitrogens with two attached hydrogens (primary N) is 1. The van der Waals surface area contributed by atoms with Crippen molar-refractivity contribution in [3.05, 3.63) is 42.0 Å². The highest BCUT2D eigenvalue weighted by molar-refractivity contribution is 6.02. The normalized spacial score (nSPS) is 13.9. The second kappa shape index (κ2) is 8.26. The van der Waals surface area contributed by atoms with Crippen LogP contribution < -0.4 is 30.7 Å². The third kappa shape index (κ3) is 4.07. The fraction of sp³-hybridized carbons (Fsp3) is 0.263. The summed E-state index contributed by atoms with van der Waals surface area (Å²) in [6, 6.07) is 10.1. The van der Waals surface area contributed by atoms with Gasteiger partial charge in [-0.15, -0.1) is 12.4 Å². The number of carbonyl (C=O) groups is 2. The lowest BCUT2D eigenvalue weighted by Gasteiger charge is -2.31. The van der Waals surface area contributed by atoms with Crippen molar-refractivity contribution in [2.24, 2.45) is 0 Å². The maximum absolute atomic E-state index is 12.3. The van der Waals surface area contributed by atoms with Crippen molar-refractivity contribution >= 4 is 41.4 Å². The van der Waals surface area contributed by atoms with Crippen molar-refractivity contribution < 1.29 is 19.1 Å². The van der Waals surface area contributed by atoms with Crippen LogP contribution in [0.1, 0.15) is 12.0 Å². The molecule has 0 saturated heterocycles. The number of benzene rings is 2. The van der Waals surface area contributed by atoms with Crippen LogP contribution in [-0.4, -0.2) is 31.8 Å². The monoisotopic (exact) mass is 404 g/mol. The van der Waals surface area contributed by atoms with Gasteiger partial charge < -0.3 is 25.4 Å². The first-order valence-electron chi connectivity index (χ1n) is 8.73. The molecule has 2 aromatic rings. The average Bonchev–Trinajstić information content (AvgIpc) is 3.10. The van der Waals surface area contributed by atoms with E-state index in [9.17, 15) is 9.59 Å². The zero-order chi connectivity index (χ0) is 18.8. The summed E-state index contributed by atoms with van der Waals surface area (Å²) in [5.41, 5.74) is 9.29. The molecule has 8 nitrogen and oxygen atoms in total. The molecular weight excluding hydrogens is 384 g/mol. The molecule has 0 atom stereocenters. The van der Waals surface area contributed by atoms with E-state index in [-0.39, 0.29) is 31.7 Å². The van der Waals surface area contributed by atoms with Gasteiger partial charge in [-0.25, -0.2) is 4.79 Å². The summed E-state index contributed by atoms with van der Waals surface area (Å²) in [4.78, 5) is 26.4. The van der Waals surface area contributed by atoms with Crippen LogP contribution in [0.15, 0.2) is 36.4 Å². The maximum Gasteiger partial charge on any atom is 0.325 e. The predicted octanol–water partition coefficient (Wildman–Crippen LogP) is 2.52. The lowest BCUT2D eigenvalue weighted by Crippen LogP contribution is -2.43. The summed E-state index contributed by atoms with van der Waals surface area (Å²) in [6.45, 7) is 0.990. The first kappa shape index (κ1) is 19.6. The smallest absolute Gasteiger partial charge is 0.325 e. The Kier molecular flexibility index (Phi) is 5.79. The molecular formula is C19H21ClN4O4. The predicted molar refractivity (Wildman–Crippen MR) is 108 cm³/mol. The van der Waals surface area contributed by atoms with Crippen molar-refractivity contribution in [3.63, 3.8) is 0 Å². The van der Waals surface area contributed by atoms with Crippen LogP contribution in [0.5, 0.6) is 11.5 Å². The molecule has 0 radical (unpaired) electrons. The van der Waals surface area contributed by atoms with Gasteiger partial charge in [-0.1, -0.05) is 6.07 Å². The number of rotatable bonds is 3. The molecule has 4 rings (SSSR count). The Bertz CT molecular complexity index is 905. The second-order valence-corrected chi connectivity index (χ2v) is 6.44. The Morgan fingerprint density at radius 3 is 2.82 bits per heavy atom. The largest absolute Gasteiger partial charge is 0.454 e. The average molecular weight is 405 g/mol. The molecule has 0 bridgehead atoms. The lowest BCUT2D eigenvalue weighted by molar-refractivity contribution is -0.118. The zero-order valence-electron chi connectivity index (χ0n) is 15.1. The Labute approximate surface area is 168 Å². The number of halogens is 1. The number of carbonyl (C=O) groups excluding carboxylic acids is 2. The highest BCUT2D eigenvalue weighted by atomic mass is 35.5. The molecule has 2 aliphatic heterocycles. The van der Waals surface area contributed by atoms with Crippen LogP contribution in [0.25, 0.3) is 0 Å². The van der Waals surface area contributed by atoms with Crippen molar-refractivity contribution in [1.82, 2.24) is 5.32 Å². The molecule has 0 fully saturated rings. The third-order valence-electron chi connectivity index (χ3n) is 4.60. The number of hydrogen-bond acceptors (Lipinski definition) is 6. The molecule has 0 aliphatic carbocycles. The Balaban J connectivity index is 0.00000225. The first-order valence-corrected chi connectivity index (χ1v) is 8.73. The van der Waals surface area contributed by atoms with Crippen LogP contribution in [0.3, 0.4) is 0 Å². The molecule has 3 amide bonds. The number of amides is 3. The van der Waals surface area contributed by atoms with E-state index in [4.69, 9.17) is 15.2 Å². The van der Waals surface area contributed by atoms with E-state index < -0.39 is 6.03 Å². The summed E-state index contributed by atoms with van der Waals surface area (Å²) < 4.78 is 10.5. The SMILES string of the molecule is Cl.Nc1cccc2c1CCCN2CC(=O)NC(=O)Nc1ccc2c(c1)OCO2. The molecule has 0 unspecified atom stereocenters. The Morgan fingerprint density at radius 1 is 1.14 bits per heavy atom. The summed E-state index contributed by atoms with van der Waals surface area (Å²) >= 11 is 0. The molecule has 0 spiro atoms. The minimum Gasteiger partial charge on any atom is -0.454 e. The van der Waals surface area contributed by atoms with E-state index in [1.165, 1.54) is 0 Å². The van der Waals surface area contributed by atoms with Crippen LogP contribution in [0.2, 0.25) is 0 Å². The third-order valence-corrected chi connectivity index (χ3v) is 4.60. The summed E-state index contributed by atoms with van der Waals surface area (Å²) in [5, 5.41) is 4.98. The van der Waals surface area contributed by atoms with Crippen LogP contribution in [-0.2, 0) is 11.2 Å².